The first-order chi connectivity index (χ1) is 7.94. The summed E-state index contributed by atoms with van der Waals surface area (Å²) in [7, 11) is 0. The van der Waals surface area contributed by atoms with Crippen LogP contribution in [-0.2, 0) is 4.79 Å². The van der Waals surface area contributed by atoms with Gasteiger partial charge in [0, 0.05) is 6.54 Å². The van der Waals surface area contributed by atoms with Crippen LogP contribution in [0.5, 0.6) is 0 Å². The molecule has 0 saturated heterocycles. The van der Waals surface area contributed by atoms with Crippen LogP contribution in [0.25, 0.3) is 0 Å². The number of oxime groups is 1. The lowest BCUT2D eigenvalue weighted by Crippen LogP contribution is -2.49. The summed E-state index contributed by atoms with van der Waals surface area (Å²) in [5.41, 5.74) is 4.76. The van der Waals surface area contributed by atoms with Gasteiger partial charge in [0.25, 0.3) is 0 Å². The third-order valence-corrected chi connectivity index (χ3v) is 3.25. The number of carbonyl (C=O) groups excluding carboxylic acids is 1. The van der Waals surface area contributed by atoms with E-state index in [9.17, 15) is 4.79 Å². The van der Waals surface area contributed by atoms with Gasteiger partial charge < -0.3 is 16.3 Å². The van der Waals surface area contributed by atoms with Gasteiger partial charge in [-0.1, -0.05) is 32.9 Å². The number of nitrogens with two attached hydrogens (primary N) is 1. The molecule has 5 nitrogen and oxygen atoms in total. The Morgan fingerprint density at radius 3 is 2.29 bits per heavy atom. The summed E-state index contributed by atoms with van der Waals surface area (Å²) in [6, 6.07) is 0. The lowest BCUT2D eigenvalue weighted by molar-refractivity contribution is -0.128. The number of carbonyl (C=O) groups is 1. The molecular formula is C12H25N3O2. The Kier molecular flexibility index (Phi) is 6.61. The third kappa shape index (κ3) is 3.91. The van der Waals surface area contributed by atoms with Crippen molar-refractivity contribution in [3.63, 3.8) is 0 Å². The van der Waals surface area contributed by atoms with E-state index >= 15 is 0 Å². The van der Waals surface area contributed by atoms with E-state index in [1.54, 1.807) is 0 Å². The number of hydrogen-bond donors (Lipinski definition) is 3. The molecule has 0 spiro atoms. The van der Waals surface area contributed by atoms with Gasteiger partial charge >= 0.3 is 0 Å². The Hall–Kier alpha value is -1.26. The highest BCUT2D eigenvalue weighted by Gasteiger charge is 2.39. The van der Waals surface area contributed by atoms with Crippen molar-refractivity contribution in [3.05, 3.63) is 0 Å². The summed E-state index contributed by atoms with van der Waals surface area (Å²) in [5.74, 6) is 0.375. The molecule has 0 unspecified atom stereocenters. The zero-order valence-electron chi connectivity index (χ0n) is 11.3. The minimum absolute atomic E-state index is 0.00968. The summed E-state index contributed by atoms with van der Waals surface area (Å²) in [6.07, 6.45) is 1.96. The Labute approximate surface area is 103 Å². The van der Waals surface area contributed by atoms with Gasteiger partial charge in [-0.15, -0.1) is 0 Å². The fourth-order valence-electron chi connectivity index (χ4n) is 1.79. The van der Waals surface area contributed by atoms with E-state index in [1.165, 1.54) is 0 Å². The maximum atomic E-state index is 12.1. The molecule has 0 aromatic heterocycles. The Bertz CT molecular complexity index is 271. The first kappa shape index (κ1) is 15.7. The third-order valence-electron chi connectivity index (χ3n) is 3.25. The quantitative estimate of drug-likeness (QED) is 0.275. The topological polar surface area (TPSA) is 87.7 Å². The van der Waals surface area contributed by atoms with Gasteiger partial charge in [0.05, 0.1) is 0 Å². The predicted octanol–water partition coefficient (Wildman–Crippen LogP) is 1.70. The monoisotopic (exact) mass is 243 g/mol. The van der Waals surface area contributed by atoms with Gasteiger partial charge in [0.1, 0.15) is 5.41 Å². The van der Waals surface area contributed by atoms with Gasteiger partial charge in [-0.05, 0) is 25.2 Å². The fraction of sp³-hybridized carbons (Fsp3) is 0.833. The van der Waals surface area contributed by atoms with E-state index < -0.39 is 5.41 Å². The average molecular weight is 243 g/mol. The van der Waals surface area contributed by atoms with E-state index in [1.807, 2.05) is 13.8 Å². The molecule has 17 heavy (non-hydrogen) atoms. The SMILES string of the molecule is CCC(CC)(C(=O)NCCC(C)C)C(N)=NO. The van der Waals surface area contributed by atoms with Crippen LogP contribution in [0.3, 0.4) is 0 Å². The second-order valence-electron chi connectivity index (χ2n) is 4.71. The average Bonchev–Trinajstić information content (AvgIpc) is 2.30. The van der Waals surface area contributed by atoms with Gasteiger partial charge in [0.2, 0.25) is 5.91 Å². The molecule has 4 N–H and O–H groups in total. The summed E-state index contributed by atoms with van der Waals surface area (Å²) in [4.78, 5) is 12.1. The van der Waals surface area contributed by atoms with Crippen molar-refractivity contribution in [2.45, 2.75) is 47.0 Å². The second kappa shape index (κ2) is 7.14. The molecule has 0 saturated carbocycles. The Balaban J connectivity index is 4.66. The Morgan fingerprint density at radius 1 is 1.41 bits per heavy atom. The molecule has 100 valence electrons. The molecule has 0 aromatic carbocycles. The zero-order chi connectivity index (χ0) is 13.5. The van der Waals surface area contributed by atoms with E-state index in [0.29, 0.717) is 25.3 Å². The summed E-state index contributed by atoms with van der Waals surface area (Å²) in [6.45, 7) is 8.55. The lowest BCUT2D eigenvalue weighted by atomic mass is 9.80. The molecule has 0 aliphatic carbocycles. The molecule has 0 bridgehead atoms. The highest BCUT2D eigenvalue weighted by Crippen LogP contribution is 2.26. The predicted molar refractivity (Wildman–Crippen MR) is 68.9 cm³/mol. The van der Waals surface area contributed by atoms with Crippen LogP contribution in [0, 0.1) is 11.3 Å². The summed E-state index contributed by atoms with van der Waals surface area (Å²) < 4.78 is 0. The van der Waals surface area contributed by atoms with E-state index in [-0.39, 0.29) is 11.7 Å². The fourth-order valence-corrected chi connectivity index (χ4v) is 1.79. The number of nitrogens with zero attached hydrogens (tertiary/aromatic N) is 1. The first-order valence-corrected chi connectivity index (χ1v) is 6.20. The minimum atomic E-state index is -0.883. The van der Waals surface area contributed by atoms with Gasteiger partial charge in [0.15, 0.2) is 5.84 Å². The van der Waals surface area contributed by atoms with E-state index in [4.69, 9.17) is 10.9 Å². The van der Waals surface area contributed by atoms with Crippen molar-refractivity contribution >= 4 is 11.7 Å². The number of rotatable bonds is 7. The van der Waals surface area contributed by atoms with Crippen LogP contribution in [-0.4, -0.2) is 23.5 Å². The van der Waals surface area contributed by atoms with E-state index in [0.717, 1.165) is 6.42 Å². The Morgan fingerprint density at radius 2 is 1.94 bits per heavy atom. The van der Waals surface area contributed by atoms with Crippen molar-refractivity contribution in [1.82, 2.24) is 5.32 Å². The molecule has 0 atom stereocenters. The smallest absolute Gasteiger partial charge is 0.233 e. The maximum Gasteiger partial charge on any atom is 0.233 e. The number of hydrogen-bond acceptors (Lipinski definition) is 3. The molecule has 0 radical (unpaired) electrons. The number of nitrogens with one attached hydrogen (secondary N) is 1. The molecule has 0 rings (SSSR count). The molecule has 0 aliphatic heterocycles. The molecule has 0 heterocycles. The maximum absolute atomic E-state index is 12.1. The van der Waals surface area contributed by atoms with Crippen molar-refractivity contribution in [1.29, 1.82) is 0 Å². The molecule has 1 amide bonds. The lowest BCUT2D eigenvalue weighted by Gasteiger charge is -2.28. The summed E-state index contributed by atoms with van der Waals surface area (Å²) >= 11 is 0. The molecule has 0 aromatic rings. The van der Waals surface area contributed by atoms with Crippen molar-refractivity contribution < 1.29 is 10.0 Å². The molecule has 0 fully saturated rings. The van der Waals surface area contributed by atoms with Crippen LogP contribution in [0.1, 0.15) is 47.0 Å². The second-order valence-corrected chi connectivity index (χ2v) is 4.71. The van der Waals surface area contributed by atoms with Crippen LogP contribution < -0.4 is 11.1 Å². The van der Waals surface area contributed by atoms with Gasteiger partial charge in [-0.2, -0.15) is 0 Å². The number of amides is 1. The van der Waals surface area contributed by atoms with Gasteiger partial charge in [-0.25, -0.2) is 0 Å². The highest BCUT2D eigenvalue weighted by molar-refractivity contribution is 6.06. The van der Waals surface area contributed by atoms with E-state index in [2.05, 4.69) is 24.3 Å². The number of amidine groups is 1. The minimum Gasteiger partial charge on any atom is -0.409 e. The van der Waals surface area contributed by atoms with Gasteiger partial charge in [-0.3, -0.25) is 4.79 Å². The largest absolute Gasteiger partial charge is 0.409 e. The first-order valence-electron chi connectivity index (χ1n) is 6.20. The van der Waals surface area contributed by atoms with Crippen LogP contribution >= 0.6 is 0 Å². The normalized spacial score (nSPS) is 12.9. The molecule has 0 aliphatic rings. The standard InChI is InChI=1S/C12H25N3O2/c1-5-12(6-2,10(13)15-17)11(16)14-8-7-9(3)4/h9,17H,5-8H2,1-4H3,(H2,13,15)(H,14,16). The van der Waals surface area contributed by atoms with Crippen LogP contribution in [0.4, 0.5) is 0 Å². The van der Waals surface area contributed by atoms with Crippen LogP contribution in [0.2, 0.25) is 0 Å². The highest BCUT2D eigenvalue weighted by atomic mass is 16.4. The van der Waals surface area contributed by atoms with Crippen LogP contribution in [0.15, 0.2) is 5.16 Å². The molecule has 5 heteroatoms. The summed E-state index contributed by atoms with van der Waals surface area (Å²) in [5, 5.41) is 14.6. The zero-order valence-corrected chi connectivity index (χ0v) is 11.3. The van der Waals surface area contributed by atoms with Crippen molar-refractivity contribution in [2.75, 3.05) is 6.54 Å². The molecular weight excluding hydrogens is 218 g/mol. The van der Waals surface area contributed by atoms with Crippen molar-refractivity contribution in [3.8, 4) is 0 Å². The van der Waals surface area contributed by atoms with Crippen molar-refractivity contribution in [2.24, 2.45) is 22.2 Å².